The van der Waals surface area contributed by atoms with Crippen molar-refractivity contribution in [1.29, 1.82) is 0 Å². The van der Waals surface area contributed by atoms with Crippen molar-refractivity contribution in [2.75, 3.05) is 11.1 Å². The van der Waals surface area contributed by atoms with Gasteiger partial charge in [0.1, 0.15) is 0 Å². The molecule has 0 aliphatic rings. The van der Waals surface area contributed by atoms with E-state index in [4.69, 9.17) is 0 Å². The van der Waals surface area contributed by atoms with E-state index in [-0.39, 0.29) is 17.2 Å². The van der Waals surface area contributed by atoms with E-state index in [1.54, 1.807) is 6.07 Å². The van der Waals surface area contributed by atoms with Gasteiger partial charge in [0.25, 0.3) is 5.56 Å². The Bertz CT molecular complexity index is 645. The van der Waals surface area contributed by atoms with E-state index in [9.17, 15) is 9.59 Å². The molecule has 0 aliphatic carbocycles. The number of hydrogen-bond donors (Lipinski definition) is 2. The summed E-state index contributed by atoms with van der Waals surface area (Å²) in [5.74, 6) is 0.0114. The molecular formula is C12H10BrN3O2S. The molecule has 19 heavy (non-hydrogen) atoms. The topological polar surface area (TPSA) is 74.8 Å². The van der Waals surface area contributed by atoms with Gasteiger partial charge in [-0.05, 0) is 28.1 Å². The van der Waals surface area contributed by atoms with E-state index in [1.807, 2.05) is 18.2 Å². The smallest absolute Gasteiger partial charge is 0.251 e. The van der Waals surface area contributed by atoms with E-state index in [1.165, 1.54) is 24.0 Å². The summed E-state index contributed by atoms with van der Waals surface area (Å²) >= 11 is 4.52. The van der Waals surface area contributed by atoms with Crippen molar-refractivity contribution in [2.45, 2.75) is 5.16 Å². The van der Waals surface area contributed by atoms with E-state index in [0.717, 1.165) is 4.47 Å². The number of rotatable bonds is 4. The first-order valence-corrected chi connectivity index (χ1v) is 7.15. The molecule has 7 heteroatoms. The van der Waals surface area contributed by atoms with Crippen LogP contribution < -0.4 is 10.9 Å². The van der Waals surface area contributed by atoms with Gasteiger partial charge in [0.05, 0.1) is 11.4 Å². The monoisotopic (exact) mass is 339 g/mol. The van der Waals surface area contributed by atoms with Crippen molar-refractivity contribution >= 4 is 39.3 Å². The van der Waals surface area contributed by atoms with Gasteiger partial charge in [-0.25, -0.2) is 4.98 Å². The lowest BCUT2D eigenvalue weighted by molar-refractivity contribution is -0.113. The van der Waals surface area contributed by atoms with Gasteiger partial charge < -0.3 is 10.3 Å². The van der Waals surface area contributed by atoms with Crippen LogP contribution in [0.1, 0.15) is 0 Å². The third-order valence-electron chi connectivity index (χ3n) is 2.14. The fraction of sp³-hybridized carbons (Fsp3) is 0.0833. The fourth-order valence-corrected chi connectivity index (χ4v) is 2.34. The van der Waals surface area contributed by atoms with Crippen molar-refractivity contribution in [3.63, 3.8) is 0 Å². The van der Waals surface area contributed by atoms with Gasteiger partial charge in [0.15, 0.2) is 5.16 Å². The molecule has 0 saturated heterocycles. The van der Waals surface area contributed by atoms with Crippen molar-refractivity contribution in [3.05, 3.63) is 51.4 Å². The van der Waals surface area contributed by atoms with Crippen LogP contribution in [0.2, 0.25) is 0 Å². The van der Waals surface area contributed by atoms with Gasteiger partial charge in [-0.1, -0.05) is 23.9 Å². The fourth-order valence-electron chi connectivity index (χ4n) is 1.31. The van der Waals surface area contributed by atoms with E-state index in [0.29, 0.717) is 10.8 Å². The minimum Gasteiger partial charge on any atom is -0.324 e. The van der Waals surface area contributed by atoms with Crippen LogP contribution in [0, 0.1) is 0 Å². The number of carbonyl (C=O) groups is 1. The maximum Gasteiger partial charge on any atom is 0.251 e. The molecular weight excluding hydrogens is 330 g/mol. The largest absolute Gasteiger partial charge is 0.324 e. The number of halogens is 1. The number of carbonyl (C=O) groups excluding carboxylic acids is 1. The first-order valence-electron chi connectivity index (χ1n) is 5.37. The summed E-state index contributed by atoms with van der Waals surface area (Å²) in [5, 5.41) is 3.19. The number of para-hydroxylation sites is 1. The first kappa shape index (κ1) is 13.8. The number of aromatic amines is 1. The van der Waals surface area contributed by atoms with Gasteiger partial charge in [-0.15, -0.1) is 0 Å². The molecule has 5 nitrogen and oxygen atoms in total. The quantitative estimate of drug-likeness (QED) is 0.661. The molecule has 2 rings (SSSR count). The Hall–Kier alpha value is -1.60. The summed E-state index contributed by atoms with van der Waals surface area (Å²) in [6, 6.07) is 8.68. The summed E-state index contributed by atoms with van der Waals surface area (Å²) in [4.78, 5) is 29.3. The zero-order chi connectivity index (χ0) is 13.7. The van der Waals surface area contributed by atoms with Gasteiger partial charge in [-0.3, -0.25) is 9.59 Å². The third kappa shape index (κ3) is 4.22. The van der Waals surface area contributed by atoms with Gasteiger partial charge in [0.2, 0.25) is 5.91 Å². The highest BCUT2D eigenvalue weighted by Crippen LogP contribution is 2.21. The summed E-state index contributed by atoms with van der Waals surface area (Å²) in [6.07, 6.45) is 1.41. The molecule has 1 aromatic heterocycles. The summed E-state index contributed by atoms with van der Waals surface area (Å²) in [7, 11) is 0. The Morgan fingerprint density at radius 1 is 1.37 bits per heavy atom. The molecule has 0 spiro atoms. The highest BCUT2D eigenvalue weighted by atomic mass is 79.9. The van der Waals surface area contributed by atoms with Crippen molar-refractivity contribution in [3.8, 4) is 0 Å². The van der Waals surface area contributed by atoms with Crippen LogP contribution >= 0.6 is 27.7 Å². The lowest BCUT2D eigenvalue weighted by Gasteiger charge is -2.06. The summed E-state index contributed by atoms with van der Waals surface area (Å²) < 4.78 is 0.819. The Morgan fingerprint density at radius 3 is 2.89 bits per heavy atom. The predicted octanol–water partition coefficient (Wildman–Crippen LogP) is 2.26. The Kier molecular flexibility index (Phi) is 4.75. The highest BCUT2D eigenvalue weighted by molar-refractivity contribution is 9.10. The molecule has 1 amide bonds. The number of thioether (sulfide) groups is 1. The molecule has 98 valence electrons. The van der Waals surface area contributed by atoms with E-state index in [2.05, 4.69) is 31.2 Å². The Labute approximate surface area is 122 Å². The number of H-pyrrole nitrogens is 1. The molecule has 2 aromatic rings. The molecule has 1 aromatic carbocycles. The summed E-state index contributed by atoms with van der Waals surface area (Å²) in [6.45, 7) is 0. The average Bonchev–Trinajstić information content (AvgIpc) is 2.39. The van der Waals surface area contributed by atoms with Crippen LogP contribution in [0.15, 0.2) is 51.0 Å². The van der Waals surface area contributed by atoms with Crippen LogP contribution in [0.25, 0.3) is 0 Å². The second kappa shape index (κ2) is 6.53. The maximum atomic E-state index is 11.8. The Morgan fingerprint density at radius 2 is 2.16 bits per heavy atom. The second-order valence-corrected chi connectivity index (χ2v) is 5.37. The molecule has 0 fully saturated rings. The molecule has 0 aliphatic heterocycles. The van der Waals surface area contributed by atoms with Gasteiger partial charge >= 0.3 is 0 Å². The number of aromatic nitrogens is 2. The maximum absolute atomic E-state index is 11.8. The first-order chi connectivity index (χ1) is 9.15. The number of anilines is 1. The van der Waals surface area contributed by atoms with E-state index < -0.39 is 0 Å². The number of nitrogens with zero attached hydrogens (tertiary/aromatic N) is 1. The third-order valence-corrected chi connectivity index (χ3v) is 3.71. The minimum atomic E-state index is -0.233. The van der Waals surface area contributed by atoms with Crippen LogP contribution in [0.4, 0.5) is 5.69 Å². The lowest BCUT2D eigenvalue weighted by atomic mass is 10.3. The Balaban J connectivity index is 1.92. The molecule has 0 radical (unpaired) electrons. The standard InChI is InChI=1S/C12H10BrN3O2S/c13-8-3-1-2-4-9(8)15-11(18)7-19-12-14-6-5-10(17)16-12/h1-6H,7H2,(H,15,18)(H,14,16,17). The second-order valence-electron chi connectivity index (χ2n) is 3.56. The summed E-state index contributed by atoms with van der Waals surface area (Å²) in [5.41, 5.74) is 0.478. The minimum absolute atomic E-state index is 0.164. The number of amides is 1. The SMILES string of the molecule is O=C(CSc1nccc(=O)[nH]1)Nc1ccccc1Br. The van der Waals surface area contributed by atoms with E-state index >= 15 is 0 Å². The normalized spacial score (nSPS) is 10.2. The predicted molar refractivity (Wildman–Crippen MR) is 78.4 cm³/mol. The molecule has 2 N–H and O–H groups in total. The zero-order valence-electron chi connectivity index (χ0n) is 9.72. The van der Waals surface area contributed by atoms with Crippen molar-refractivity contribution in [1.82, 2.24) is 9.97 Å². The molecule has 0 saturated carbocycles. The lowest BCUT2D eigenvalue weighted by Crippen LogP contribution is -2.15. The molecule has 0 bridgehead atoms. The average molecular weight is 340 g/mol. The van der Waals surface area contributed by atoms with Gasteiger partial charge in [-0.2, -0.15) is 0 Å². The number of hydrogen-bond acceptors (Lipinski definition) is 4. The van der Waals surface area contributed by atoms with Gasteiger partial charge in [0, 0.05) is 16.7 Å². The van der Waals surface area contributed by atoms with Crippen molar-refractivity contribution in [2.24, 2.45) is 0 Å². The molecule has 0 atom stereocenters. The van der Waals surface area contributed by atoms with Crippen molar-refractivity contribution < 1.29 is 4.79 Å². The van der Waals surface area contributed by atoms with Crippen LogP contribution in [0.3, 0.4) is 0 Å². The number of benzene rings is 1. The number of nitrogens with one attached hydrogen (secondary N) is 2. The molecule has 0 unspecified atom stereocenters. The molecule has 1 heterocycles. The van der Waals surface area contributed by atoms with Crippen LogP contribution in [-0.2, 0) is 4.79 Å². The van der Waals surface area contributed by atoms with Crippen LogP contribution in [-0.4, -0.2) is 21.6 Å². The van der Waals surface area contributed by atoms with Crippen LogP contribution in [0.5, 0.6) is 0 Å². The highest BCUT2D eigenvalue weighted by Gasteiger charge is 2.06. The zero-order valence-corrected chi connectivity index (χ0v) is 12.1.